The van der Waals surface area contributed by atoms with Crippen LogP contribution in [0.1, 0.15) is 11.6 Å². The second kappa shape index (κ2) is 7.78. The van der Waals surface area contributed by atoms with Crippen LogP contribution in [0, 0.1) is 0 Å². The van der Waals surface area contributed by atoms with Crippen molar-refractivity contribution in [3.63, 3.8) is 0 Å². The van der Waals surface area contributed by atoms with E-state index >= 15 is 0 Å². The van der Waals surface area contributed by atoms with Crippen molar-refractivity contribution in [2.24, 2.45) is 7.05 Å². The summed E-state index contributed by atoms with van der Waals surface area (Å²) < 4.78 is 26.0. The number of amides is 1. The number of aryl methyl sites for hydroxylation is 1. The number of rotatable bonds is 7. The predicted octanol–water partition coefficient (Wildman–Crippen LogP) is 0.924. The summed E-state index contributed by atoms with van der Waals surface area (Å²) in [7, 11) is -0.0647. The first-order chi connectivity index (χ1) is 11.3. The highest BCUT2D eigenvalue weighted by molar-refractivity contribution is 7.91. The standard InChI is InChI=1S/C15H19ClN4O3S/c1-17-14(11-9-19-20(2)10-11)15(21)18-7-8-24(22,23)13-5-3-12(16)4-6-13/h3-6,9-10,14,17H,7-8H2,1-2H3,(H,18,21). The van der Waals surface area contributed by atoms with E-state index in [4.69, 9.17) is 11.6 Å². The van der Waals surface area contributed by atoms with E-state index in [-0.39, 0.29) is 23.1 Å². The number of hydrogen-bond acceptors (Lipinski definition) is 5. The van der Waals surface area contributed by atoms with E-state index in [9.17, 15) is 13.2 Å². The molecule has 2 aromatic rings. The van der Waals surface area contributed by atoms with Crippen LogP contribution < -0.4 is 10.6 Å². The molecular formula is C15H19ClN4O3S. The topological polar surface area (TPSA) is 93.1 Å². The van der Waals surface area contributed by atoms with Gasteiger partial charge in [-0.1, -0.05) is 11.6 Å². The van der Waals surface area contributed by atoms with Crippen molar-refractivity contribution in [3.05, 3.63) is 47.2 Å². The molecule has 2 rings (SSSR count). The molecular weight excluding hydrogens is 352 g/mol. The second-order valence-electron chi connectivity index (χ2n) is 5.23. The van der Waals surface area contributed by atoms with E-state index in [1.54, 1.807) is 31.2 Å². The Morgan fingerprint density at radius 3 is 2.54 bits per heavy atom. The molecule has 0 fully saturated rings. The predicted molar refractivity (Wildman–Crippen MR) is 91.5 cm³/mol. The molecule has 24 heavy (non-hydrogen) atoms. The van der Waals surface area contributed by atoms with Gasteiger partial charge in [0.15, 0.2) is 9.84 Å². The fourth-order valence-electron chi connectivity index (χ4n) is 2.21. The largest absolute Gasteiger partial charge is 0.353 e. The first kappa shape index (κ1) is 18.4. The Morgan fingerprint density at radius 1 is 1.33 bits per heavy atom. The van der Waals surface area contributed by atoms with Gasteiger partial charge >= 0.3 is 0 Å². The molecule has 0 spiro atoms. The van der Waals surface area contributed by atoms with Crippen molar-refractivity contribution < 1.29 is 13.2 Å². The van der Waals surface area contributed by atoms with Crippen LogP contribution in [0.3, 0.4) is 0 Å². The average molecular weight is 371 g/mol. The first-order valence-electron chi connectivity index (χ1n) is 7.25. The summed E-state index contributed by atoms with van der Waals surface area (Å²) >= 11 is 5.75. The van der Waals surface area contributed by atoms with Crippen molar-refractivity contribution in [2.45, 2.75) is 10.9 Å². The number of nitrogens with one attached hydrogen (secondary N) is 2. The molecule has 7 nitrogen and oxygen atoms in total. The number of benzene rings is 1. The maximum Gasteiger partial charge on any atom is 0.241 e. The Bertz CT molecular complexity index is 802. The summed E-state index contributed by atoms with van der Waals surface area (Å²) in [5.74, 6) is -0.499. The molecule has 0 radical (unpaired) electrons. The number of carbonyl (C=O) groups excluding carboxylic acids is 1. The molecule has 1 amide bonds. The van der Waals surface area contributed by atoms with Gasteiger partial charge in [-0.05, 0) is 31.3 Å². The van der Waals surface area contributed by atoms with Crippen LogP contribution in [-0.4, -0.2) is 43.5 Å². The maximum absolute atomic E-state index is 12.2. The van der Waals surface area contributed by atoms with E-state index < -0.39 is 15.9 Å². The summed E-state index contributed by atoms with van der Waals surface area (Å²) in [5.41, 5.74) is 0.707. The van der Waals surface area contributed by atoms with Crippen LogP contribution in [0.5, 0.6) is 0 Å². The van der Waals surface area contributed by atoms with Gasteiger partial charge in [0, 0.05) is 30.4 Å². The lowest BCUT2D eigenvalue weighted by Gasteiger charge is -2.14. The molecule has 9 heteroatoms. The lowest BCUT2D eigenvalue weighted by atomic mass is 10.1. The van der Waals surface area contributed by atoms with Gasteiger partial charge in [0.25, 0.3) is 0 Å². The highest BCUT2D eigenvalue weighted by Crippen LogP contribution is 2.15. The minimum atomic E-state index is -3.48. The number of halogens is 1. The summed E-state index contributed by atoms with van der Waals surface area (Å²) in [6.45, 7) is 0.0161. The number of likely N-dealkylation sites (N-methyl/N-ethyl adjacent to an activating group) is 1. The van der Waals surface area contributed by atoms with E-state index in [0.717, 1.165) is 0 Å². The smallest absolute Gasteiger partial charge is 0.241 e. The first-order valence-corrected chi connectivity index (χ1v) is 9.28. The van der Waals surface area contributed by atoms with Crippen molar-refractivity contribution >= 4 is 27.3 Å². The molecule has 1 heterocycles. The monoisotopic (exact) mass is 370 g/mol. The van der Waals surface area contributed by atoms with Gasteiger partial charge in [-0.2, -0.15) is 5.10 Å². The number of hydrogen-bond donors (Lipinski definition) is 2. The molecule has 2 N–H and O–H groups in total. The van der Waals surface area contributed by atoms with E-state index in [1.807, 2.05) is 0 Å². The third-order valence-electron chi connectivity index (χ3n) is 3.45. The van der Waals surface area contributed by atoms with Crippen molar-refractivity contribution in [1.29, 1.82) is 0 Å². The number of aromatic nitrogens is 2. The van der Waals surface area contributed by atoms with Gasteiger partial charge < -0.3 is 10.6 Å². The van der Waals surface area contributed by atoms with Crippen LogP contribution in [0.2, 0.25) is 5.02 Å². The lowest BCUT2D eigenvalue weighted by molar-refractivity contribution is -0.123. The molecule has 1 unspecified atom stereocenters. The molecule has 1 aromatic carbocycles. The Balaban J connectivity index is 1.95. The number of sulfone groups is 1. The zero-order valence-electron chi connectivity index (χ0n) is 13.4. The fourth-order valence-corrected chi connectivity index (χ4v) is 3.49. The van der Waals surface area contributed by atoms with Crippen LogP contribution in [0.4, 0.5) is 0 Å². The van der Waals surface area contributed by atoms with E-state index in [2.05, 4.69) is 15.7 Å². The molecule has 1 atom stereocenters. The fraction of sp³-hybridized carbons (Fsp3) is 0.333. The van der Waals surface area contributed by atoms with Crippen LogP contribution in [-0.2, 0) is 21.7 Å². The van der Waals surface area contributed by atoms with Gasteiger partial charge in [0.2, 0.25) is 5.91 Å². The molecule has 0 aliphatic rings. The van der Waals surface area contributed by atoms with Gasteiger partial charge in [-0.3, -0.25) is 9.48 Å². The summed E-state index contributed by atoms with van der Waals surface area (Å²) in [5, 5.41) is 10.0. The molecule has 0 saturated carbocycles. The highest BCUT2D eigenvalue weighted by atomic mass is 35.5. The Morgan fingerprint density at radius 2 is 2.00 bits per heavy atom. The zero-order chi connectivity index (χ0) is 17.7. The molecule has 130 valence electrons. The van der Waals surface area contributed by atoms with E-state index in [0.29, 0.717) is 10.6 Å². The van der Waals surface area contributed by atoms with Crippen molar-refractivity contribution in [1.82, 2.24) is 20.4 Å². The van der Waals surface area contributed by atoms with Crippen molar-refractivity contribution in [3.8, 4) is 0 Å². The lowest BCUT2D eigenvalue weighted by Crippen LogP contribution is -2.38. The minimum absolute atomic E-state index is 0.0161. The second-order valence-corrected chi connectivity index (χ2v) is 7.78. The summed E-state index contributed by atoms with van der Waals surface area (Å²) in [4.78, 5) is 12.4. The van der Waals surface area contributed by atoms with Gasteiger partial charge in [-0.25, -0.2) is 8.42 Å². The van der Waals surface area contributed by atoms with Crippen LogP contribution in [0.25, 0.3) is 0 Å². The SMILES string of the molecule is CNC(C(=O)NCCS(=O)(=O)c1ccc(Cl)cc1)c1cnn(C)c1. The number of nitrogens with zero attached hydrogens (tertiary/aromatic N) is 2. The maximum atomic E-state index is 12.2. The Hall–Kier alpha value is -1.90. The summed E-state index contributed by atoms with van der Waals surface area (Å²) in [6.07, 6.45) is 3.32. The van der Waals surface area contributed by atoms with Crippen molar-refractivity contribution in [2.75, 3.05) is 19.3 Å². The highest BCUT2D eigenvalue weighted by Gasteiger charge is 2.21. The third-order valence-corrected chi connectivity index (χ3v) is 5.44. The molecule has 0 aliphatic heterocycles. The van der Waals surface area contributed by atoms with Gasteiger partial charge in [0.05, 0.1) is 16.8 Å². The van der Waals surface area contributed by atoms with Crippen LogP contribution in [0.15, 0.2) is 41.6 Å². The Labute approximate surface area is 145 Å². The van der Waals surface area contributed by atoms with Gasteiger partial charge in [-0.15, -0.1) is 0 Å². The quantitative estimate of drug-likeness (QED) is 0.756. The average Bonchev–Trinajstić information content (AvgIpc) is 2.94. The molecule has 1 aromatic heterocycles. The zero-order valence-corrected chi connectivity index (χ0v) is 14.9. The van der Waals surface area contributed by atoms with Gasteiger partial charge in [0.1, 0.15) is 6.04 Å². The minimum Gasteiger partial charge on any atom is -0.353 e. The van der Waals surface area contributed by atoms with E-state index in [1.165, 1.54) is 24.3 Å². The normalized spacial score (nSPS) is 12.8. The number of carbonyl (C=O) groups is 1. The van der Waals surface area contributed by atoms with Crippen LogP contribution >= 0.6 is 11.6 Å². The molecule has 0 aliphatic carbocycles. The molecule has 0 bridgehead atoms. The Kier molecular flexibility index (Phi) is 5.98. The molecule has 0 saturated heterocycles. The summed E-state index contributed by atoms with van der Waals surface area (Å²) in [6, 6.07) is 5.35. The third kappa shape index (κ3) is 4.56.